The van der Waals surface area contributed by atoms with Crippen LogP contribution in [-0.4, -0.2) is 39.2 Å². The first-order valence-corrected chi connectivity index (χ1v) is 8.38. The normalized spacial score (nSPS) is 11.3. The van der Waals surface area contributed by atoms with Crippen molar-refractivity contribution in [2.75, 3.05) is 26.6 Å². The minimum atomic E-state index is -0.738. The summed E-state index contributed by atoms with van der Waals surface area (Å²) in [5, 5.41) is 5.43. The molecule has 7 heteroatoms. The zero-order valence-electron chi connectivity index (χ0n) is 16.1. The largest absolute Gasteiger partial charge is 0.493 e. The molecule has 2 N–H and O–H groups in total. The van der Waals surface area contributed by atoms with E-state index in [1.54, 1.807) is 19.1 Å². The number of benzene rings is 2. The molecular formula is C20H24N2O5. The highest BCUT2D eigenvalue weighted by molar-refractivity contribution is 6.01. The van der Waals surface area contributed by atoms with Crippen LogP contribution in [0.4, 0.5) is 5.69 Å². The van der Waals surface area contributed by atoms with E-state index in [1.165, 1.54) is 33.5 Å². The van der Waals surface area contributed by atoms with Crippen LogP contribution in [0.25, 0.3) is 0 Å². The monoisotopic (exact) mass is 372 g/mol. The van der Waals surface area contributed by atoms with Crippen molar-refractivity contribution < 1.29 is 23.8 Å². The van der Waals surface area contributed by atoms with Gasteiger partial charge in [-0.05, 0) is 38.1 Å². The Kier molecular flexibility index (Phi) is 6.65. The van der Waals surface area contributed by atoms with Crippen molar-refractivity contribution in [3.8, 4) is 17.2 Å². The molecule has 2 amide bonds. The molecule has 0 aliphatic rings. The molecule has 2 aromatic rings. The number of ether oxygens (including phenoxy) is 3. The van der Waals surface area contributed by atoms with Gasteiger partial charge in [0, 0.05) is 11.3 Å². The summed E-state index contributed by atoms with van der Waals surface area (Å²) in [6.07, 6.45) is 0. The maximum atomic E-state index is 12.5. The van der Waals surface area contributed by atoms with Gasteiger partial charge in [0.1, 0.15) is 6.04 Å². The minimum Gasteiger partial charge on any atom is -0.493 e. The Morgan fingerprint density at radius 2 is 1.48 bits per heavy atom. The molecule has 0 fully saturated rings. The Morgan fingerprint density at radius 3 is 1.96 bits per heavy atom. The molecular weight excluding hydrogens is 348 g/mol. The highest BCUT2D eigenvalue weighted by Crippen LogP contribution is 2.38. The molecule has 0 aliphatic carbocycles. The molecule has 0 heterocycles. The van der Waals surface area contributed by atoms with Crippen LogP contribution in [-0.2, 0) is 4.79 Å². The molecule has 144 valence electrons. The van der Waals surface area contributed by atoms with Crippen molar-refractivity contribution >= 4 is 17.5 Å². The zero-order chi connectivity index (χ0) is 20.0. The fourth-order valence-electron chi connectivity index (χ4n) is 2.45. The second kappa shape index (κ2) is 8.93. The van der Waals surface area contributed by atoms with E-state index in [9.17, 15) is 9.59 Å². The number of anilines is 1. The van der Waals surface area contributed by atoms with E-state index in [2.05, 4.69) is 10.6 Å². The van der Waals surface area contributed by atoms with Crippen LogP contribution in [0.5, 0.6) is 17.2 Å². The lowest BCUT2D eigenvalue weighted by atomic mass is 10.1. The van der Waals surface area contributed by atoms with Crippen LogP contribution >= 0.6 is 0 Å². The zero-order valence-corrected chi connectivity index (χ0v) is 16.1. The highest BCUT2D eigenvalue weighted by Gasteiger charge is 2.20. The summed E-state index contributed by atoms with van der Waals surface area (Å²) in [6, 6.07) is 9.73. The van der Waals surface area contributed by atoms with Gasteiger partial charge in [0.15, 0.2) is 11.5 Å². The lowest BCUT2D eigenvalue weighted by Crippen LogP contribution is -2.41. The molecule has 0 bridgehead atoms. The van der Waals surface area contributed by atoms with E-state index in [0.717, 1.165) is 5.56 Å². The lowest BCUT2D eigenvalue weighted by molar-refractivity contribution is -0.117. The number of nitrogens with one attached hydrogen (secondary N) is 2. The Bertz CT molecular complexity index is 793. The van der Waals surface area contributed by atoms with Gasteiger partial charge in [-0.15, -0.1) is 0 Å². The molecule has 0 aliphatic heterocycles. The summed E-state index contributed by atoms with van der Waals surface area (Å²) in [4.78, 5) is 24.9. The fourth-order valence-corrected chi connectivity index (χ4v) is 2.45. The van der Waals surface area contributed by atoms with Gasteiger partial charge in [0.2, 0.25) is 11.7 Å². The van der Waals surface area contributed by atoms with Gasteiger partial charge in [-0.25, -0.2) is 0 Å². The SMILES string of the molecule is COc1cc(C(=O)N[C@@H](C)C(=O)Nc2ccc(C)cc2)cc(OC)c1OC. The minimum absolute atomic E-state index is 0.291. The Balaban J connectivity index is 2.11. The third-order valence-corrected chi connectivity index (χ3v) is 3.99. The maximum Gasteiger partial charge on any atom is 0.252 e. The van der Waals surface area contributed by atoms with Gasteiger partial charge in [-0.1, -0.05) is 17.7 Å². The topological polar surface area (TPSA) is 85.9 Å². The standard InChI is InChI=1S/C20H24N2O5/c1-12-6-8-15(9-7-12)22-19(23)13(2)21-20(24)14-10-16(25-3)18(27-5)17(11-14)26-4/h6-11,13H,1-5H3,(H,21,24)(H,22,23)/t13-/m0/s1. The number of rotatable bonds is 7. The summed E-state index contributed by atoms with van der Waals surface area (Å²) in [5.41, 5.74) is 2.05. The number of aryl methyl sites for hydroxylation is 1. The Morgan fingerprint density at radius 1 is 0.926 bits per heavy atom. The molecule has 7 nitrogen and oxygen atoms in total. The predicted molar refractivity (Wildman–Crippen MR) is 103 cm³/mol. The van der Waals surface area contributed by atoms with Crippen molar-refractivity contribution in [3.63, 3.8) is 0 Å². The van der Waals surface area contributed by atoms with Crippen molar-refractivity contribution in [2.24, 2.45) is 0 Å². The van der Waals surface area contributed by atoms with Gasteiger partial charge in [0.05, 0.1) is 21.3 Å². The average molecular weight is 372 g/mol. The van der Waals surface area contributed by atoms with E-state index in [4.69, 9.17) is 14.2 Å². The summed E-state index contributed by atoms with van der Waals surface area (Å²) >= 11 is 0. The van der Waals surface area contributed by atoms with Gasteiger partial charge >= 0.3 is 0 Å². The number of carbonyl (C=O) groups is 2. The van der Waals surface area contributed by atoms with Crippen LogP contribution in [0.15, 0.2) is 36.4 Å². The molecule has 0 unspecified atom stereocenters. The van der Waals surface area contributed by atoms with Crippen molar-refractivity contribution in [2.45, 2.75) is 19.9 Å². The van der Waals surface area contributed by atoms with Crippen molar-refractivity contribution in [1.29, 1.82) is 0 Å². The first kappa shape index (κ1) is 20.1. The fraction of sp³-hybridized carbons (Fsp3) is 0.300. The van der Waals surface area contributed by atoms with E-state index in [1.807, 2.05) is 19.1 Å². The molecule has 0 spiro atoms. The number of amides is 2. The summed E-state index contributed by atoms with van der Waals surface area (Å²) in [6.45, 7) is 3.57. The summed E-state index contributed by atoms with van der Waals surface area (Å²) in [7, 11) is 4.42. The number of carbonyl (C=O) groups excluding carboxylic acids is 2. The summed E-state index contributed by atoms with van der Waals surface area (Å²) in [5.74, 6) is 0.361. The van der Waals surface area contributed by atoms with Crippen molar-refractivity contribution in [1.82, 2.24) is 5.32 Å². The van der Waals surface area contributed by atoms with Gasteiger partial charge < -0.3 is 24.8 Å². The molecule has 2 rings (SSSR count). The van der Waals surface area contributed by atoms with Gasteiger partial charge in [-0.2, -0.15) is 0 Å². The predicted octanol–water partition coefficient (Wildman–Crippen LogP) is 2.78. The molecule has 0 saturated carbocycles. The second-order valence-electron chi connectivity index (χ2n) is 5.96. The highest BCUT2D eigenvalue weighted by atomic mass is 16.5. The van der Waals surface area contributed by atoms with E-state index < -0.39 is 11.9 Å². The van der Waals surface area contributed by atoms with Crippen LogP contribution in [0, 0.1) is 6.92 Å². The average Bonchev–Trinajstić information content (AvgIpc) is 2.68. The second-order valence-corrected chi connectivity index (χ2v) is 5.96. The van der Waals surface area contributed by atoms with E-state index in [-0.39, 0.29) is 5.91 Å². The lowest BCUT2D eigenvalue weighted by Gasteiger charge is -2.16. The molecule has 1 atom stereocenters. The van der Waals surface area contributed by atoms with Gasteiger partial charge in [0.25, 0.3) is 5.91 Å². The number of methoxy groups -OCH3 is 3. The van der Waals surface area contributed by atoms with Crippen molar-refractivity contribution in [3.05, 3.63) is 47.5 Å². The first-order valence-electron chi connectivity index (χ1n) is 8.38. The van der Waals surface area contributed by atoms with E-state index in [0.29, 0.717) is 28.5 Å². The van der Waals surface area contributed by atoms with Crippen LogP contribution in [0.1, 0.15) is 22.8 Å². The third kappa shape index (κ3) is 4.91. The third-order valence-electron chi connectivity index (χ3n) is 3.99. The molecule has 0 aromatic heterocycles. The van der Waals surface area contributed by atoms with Gasteiger partial charge in [-0.3, -0.25) is 9.59 Å². The summed E-state index contributed by atoms with van der Waals surface area (Å²) < 4.78 is 15.7. The van der Waals surface area contributed by atoms with Crippen LogP contribution in [0.2, 0.25) is 0 Å². The molecule has 0 saturated heterocycles. The quantitative estimate of drug-likeness (QED) is 0.781. The number of hydrogen-bond acceptors (Lipinski definition) is 5. The first-order chi connectivity index (χ1) is 12.9. The Hall–Kier alpha value is -3.22. The van der Waals surface area contributed by atoms with Crippen LogP contribution in [0.3, 0.4) is 0 Å². The van der Waals surface area contributed by atoms with Crippen LogP contribution < -0.4 is 24.8 Å². The molecule has 2 aromatic carbocycles. The number of hydrogen-bond donors (Lipinski definition) is 2. The maximum absolute atomic E-state index is 12.5. The molecule has 27 heavy (non-hydrogen) atoms. The molecule has 0 radical (unpaired) electrons. The Labute approximate surface area is 158 Å². The van der Waals surface area contributed by atoms with E-state index >= 15 is 0 Å². The smallest absolute Gasteiger partial charge is 0.252 e.